The Hall–Kier alpha value is -1.98. The Morgan fingerprint density at radius 3 is 1.50 bits per heavy atom. The molecule has 24 heavy (non-hydrogen) atoms. The monoisotopic (exact) mass is 324 g/mol. The minimum absolute atomic E-state index is 0.0693. The van der Waals surface area contributed by atoms with Crippen molar-refractivity contribution in [3.8, 4) is 0 Å². The summed E-state index contributed by atoms with van der Waals surface area (Å²) in [7, 11) is 0. The first-order chi connectivity index (χ1) is 11.8. The molecule has 2 heterocycles. The average Bonchev–Trinajstić information content (AvgIpc) is 3.33. The zero-order valence-electron chi connectivity index (χ0n) is 13.3. The largest absolute Gasteiger partial charge is 0.228 e. The number of hydrogen-bond donors (Lipinski definition) is 0. The summed E-state index contributed by atoms with van der Waals surface area (Å²) in [5, 5.41) is 0. The van der Waals surface area contributed by atoms with Gasteiger partial charge in [0.15, 0.2) is 0 Å². The molecule has 2 saturated heterocycles. The Bertz CT molecular complexity index is 626. The van der Waals surface area contributed by atoms with Gasteiger partial charge in [-0.1, -0.05) is 67.2 Å². The fourth-order valence-electron chi connectivity index (χ4n) is 3.17. The van der Waals surface area contributed by atoms with Gasteiger partial charge in [0, 0.05) is 12.8 Å². The SMILES string of the molecule is C=C([C@@H]1C[C@H](c2ccccc2)OO1)[C@@H]1C[C@H](c2ccccc2)OO1. The summed E-state index contributed by atoms with van der Waals surface area (Å²) >= 11 is 0. The van der Waals surface area contributed by atoms with E-state index in [1.165, 1.54) is 0 Å². The Morgan fingerprint density at radius 2 is 1.08 bits per heavy atom. The third-order valence-electron chi connectivity index (χ3n) is 4.60. The maximum atomic E-state index is 5.50. The molecule has 0 radical (unpaired) electrons. The minimum atomic E-state index is -0.182. The van der Waals surface area contributed by atoms with Crippen LogP contribution < -0.4 is 0 Å². The van der Waals surface area contributed by atoms with Crippen LogP contribution in [0.25, 0.3) is 0 Å². The maximum absolute atomic E-state index is 5.50. The molecule has 0 aliphatic carbocycles. The smallest absolute Gasteiger partial charge is 0.121 e. The highest BCUT2D eigenvalue weighted by Crippen LogP contribution is 2.39. The van der Waals surface area contributed by atoms with E-state index < -0.39 is 0 Å². The van der Waals surface area contributed by atoms with E-state index in [0.717, 1.165) is 29.5 Å². The van der Waals surface area contributed by atoms with Gasteiger partial charge in [0.2, 0.25) is 0 Å². The maximum Gasteiger partial charge on any atom is 0.121 e. The van der Waals surface area contributed by atoms with Crippen LogP contribution in [0.4, 0.5) is 0 Å². The Balaban J connectivity index is 1.37. The van der Waals surface area contributed by atoms with E-state index in [9.17, 15) is 0 Å². The third-order valence-corrected chi connectivity index (χ3v) is 4.60. The normalized spacial score (nSPS) is 29.7. The van der Waals surface area contributed by atoms with Gasteiger partial charge >= 0.3 is 0 Å². The van der Waals surface area contributed by atoms with Crippen LogP contribution >= 0.6 is 0 Å². The van der Waals surface area contributed by atoms with Gasteiger partial charge in [0.05, 0.1) is 0 Å². The minimum Gasteiger partial charge on any atom is -0.228 e. The zero-order chi connectivity index (χ0) is 16.4. The van der Waals surface area contributed by atoms with Crippen molar-refractivity contribution in [2.75, 3.05) is 0 Å². The predicted octanol–water partition coefficient (Wildman–Crippen LogP) is 4.47. The molecule has 4 heteroatoms. The Labute approximate surface area is 141 Å². The highest BCUT2D eigenvalue weighted by Gasteiger charge is 2.38. The Morgan fingerprint density at radius 1 is 0.667 bits per heavy atom. The molecular weight excluding hydrogens is 304 g/mol. The van der Waals surface area contributed by atoms with Crippen molar-refractivity contribution in [2.24, 2.45) is 0 Å². The molecular formula is C20H20O4. The second-order valence-corrected chi connectivity index (χ2v) is 6.21. The molecule has 2 aliphatic heterocycles. The van der Waals surface area contributed by atoms with Crippen molar-refractivity contribution in [1.29, 1.82) is 0 Å². The van der Waals surface area contributed by atoms with E-state index in [1.54, 1.807) is 0 Å². The molecule has 2 aliphatic rings. The second kappa shape index (κ2) is 6.87. The Kier molecular flexibility index (Phi) is 4.45. The van der Waals surface area contributed by atoms with Gasteiger partial charge in [-0.2, -0.15) is 0 Å². The molecule has 0 spiro atoms. The summed E-state index contributed by atoms with van der Waals surface area (Å²) in [5.74, 6) is 0. The van der Waals surface area contributed by atoms with Crippen LogP contribution in [-0.2, 0) is 19.6 Å². The summed E-state index contributed by atoms with van der Waals surface area (Å²) in [6.07, 6.45) is 0.967. The van der Waals surface area contributed by atoms with E-state index in [2.05, 4.69) is 6.58 Å². The zero-order valence-corrected chi connectivity index (χ0v) is 13.3. The van der Waals surface area contributed by atoms with Crippen molar-refractivity contribution in [3.05, 3.63) is 83.9 Å². The first-order valence-corrected chi connectivity index (χ1v) is 8.24. The van der Waals surface area contributed by atoms with Gasteiger partial charge in [-0.3, -0.25) is 0 Å². The van der Waals surface area contributed by atoms with Crippen LogP contribution in [0, 0.1) is 0 Å². The fraction of sp³-hybridized carbons (Fsp3) is 0.300. The van der Waals surface area contributed by atoms with E-state index in [1.807, 2.05) is 60.7 Å². The molecule has 0 unspecified atom stereocenters. The molecule has 4 atom stereocenters. The lowest BCUT2D eigenvalue weighted by atomic mass is 9.94. The molecule has 0 amide bonds. The summed E-state index contributed by atoms with van der Waals surface area (Å²) in [4.78, 5) is 22.0. The lowest BCUT2D eigenvalue weighted by molar-refractivity contribution is -0.307. The number of benzene rings is 2. The highest BCUT2D eigenvalue weighted by molar-refractivity contribution is 5.22. The molecule has 0 saturated carbocycles. The quantitative estimate of drug-likeness (QED) is 0.614. The van der Waals surface area contributed by atoms with Crippen molar-refractivity contribution in [3.63, 3.8) is 0 Å². The van der Waals surface area contributed by atoms with Crippen molar-refractivity contribution in [1.82, 2.24) is 0 Å². The van der Waals surface area contributed by atoms with Gasteiger partial charge < -0.3 is 0 Å². The van der Waals surface area contributed by atoms with E-state index in [4.69, 9.17) is 19.6 Å². The van der Waals surface area contributed by atoms with Crippen LogP contribution in [-0.4, -0.2) is 12.2 Å². The topological polar surface area (TPSA) is 36.9 Å². The standard InChI is InChI=1S/C20H20O4/c1-14(17-12-19(23-21-17)15-8-4-2-5-9-15)18-13-20(24-22-18)16-10-6-3-7-11-16/h2-11,17-20H,1,12-13H2/t17-,18-,19+,20+/m0/s1. The number of hydrogen-bond acceptors (Lipinski definition) is 4. The molecule has 2 aromatic carbocycles. The van der Waals surface area contributed by atoms with Gasteiger partial charge in [-0.05, 0) is 16.7 Å². The summed E-state index contributed by atoms with van der Waals surface area (Å²) in [6.45, 7) is 4.16. The molecule has 0 N–H and O–H groups in total. The van der Waals surface area contributed by atoms with Crippen molar-refractivity contribution in [2.45, 2.75) is 37.3 Å². The lowest BCUT2D eigenvalue weighted by Gasteiger charge is -2.14. The molecule has 124 valence electrons. The predicted molar refractivity (Wildman–Crippen MR) is 88.7 cm³/mol. The summed E-state index contributed by atoms with van der Waals surface area (Å²) in [6, 6.07) is 20.1. The van der Waals surface area contributed by atoms with Crippen molar-refractivity contribution >= 4 is 0 Å². The van der Waals surface area contributed by atoms with Crippen LogP contribution in [0.3, 0.4) is 0 Å². The number of rotatable bonds is 4. The van der Waals surface area contributed by atoms with Gasteiger partial charge in [0.25, 0.3) is 0 Å². The first-order valence-electron chi connectivity index (χ1n) is 8.24. The van der Waals surface area contributed by atoms with Gasteiger partial charge in [0.1, 0.15) is 24.4 Å². The van der Waals surface area contributed by atoms with Crippen LogP contribution in [0.5, 0.6) is 0 Å². The highest BCUT2D eigenvalue weighted by atomic mass is 17.2. The first kappa shape index (κ1) is 15.5. The fourth-order valence-corrected chi connectivity index (χ4v) is 3.17. The van der Waals surface area contributed by atoms with E-state index in [0.29, 0.717) is 0 Å². The van der Waals surface area contributed by atoms with E-state index in [-0.39, 0.29) is 24.4 Å². The van der Waals surface area contributed by atoms with Crippen LogP contribution in [0.15, 0.2) is 72.8 Å². The van der Waals surface area contributed by atoms with Crippen molar-refractivity contribution < 1.29 is 19.6 Å². The molecule has 0 bridgehead atoms. The molecule has 4 rings (SSSR count). The van der Waals surface area contributed by atoms with Gasteiger partial charge in [-0.25, -0.2) is 19.6 Å². The summed E-state index contributed by atoms with van der Waals surface area (Å²) < 4.78 is 0. The van der Waals surface area contributed by atoms with Gasteiger partial charge in [-0.15, -0.1) is 0 Å². The molecule has 2 fully saturated rings. The second-order valence-electron chi connectivity index (χ2n) is 6.21. The lowest BCUT2D eigenvalue weighted by Crippen LogP contribution is -2.20. The van der Waals surface area contributed by atoms with Crippen LogP contribution in [0.1, 0.15) is 36.2 Å². The molecule has 0 aromatic heterocycles. The summed E-state index contributed by atoms with van der Waals surface area (Å²) in [5.41, 5.74) is 3.09. The van der Waals surface area contributed by atoms with Crippen LogP contribution in [0.2, 0.25) is 0 Å². The van der Waals surface area contributed by atoms with E-state index >= 15 is 0 Å². The molecule has 4 nitrogen and oxygen atoms in total. The molecule has 2 aromatic rings. The average molecular weight is 324 g/mol. The third kappa shape index (κ3) is 3.14.